The number of nitrogens with one attached hydrogen (secondary N) is 1. The van der Waals surface area contributed by atoms with Crippen LogP contribution in [0.25, 0.3) is 0 Å². The van der Waals surface area contributed by atoms with Gasteiger partial charge in [0.2, 0.25) is 0 Å². The zero-order valence-electron chi connectivity index (χ0n) is 15.7. The lowest BCUT2D eigenvalue weighted by Gasteiger charge is -2.27. The van der Waals surface area contributed by atoms with E-state index in [0.29, 0.717) is 0 Å². The van der Waals surface area contributed by atoms with Crippen LogP contribution in [0.3, 0.4) is 0 Å². The molecule has 0 heterocycles. The Morgan fingerprint density at radius 1 is 0.667 bits per heavy atom. The molecule has 0 bridgehead atoms. The van der Waals surface area contributed by atoms with Gasteiger partial charge in [-0.3, -0.25) is 0 Å². The minimum atomic E-state index is -1.69. The molecule has 0 aliphatic heterocycles. The standard InChI is InChI=1S/C25H27NP/c1-2-3-20-26-21-13-22-27(23-14-7-4-8-15-23,24-16-9-5-10-17-24)25-18-11-6-12-19-25/h1,4-12,14-19,26H,3,13,20-22H2/q+1. The van der Waals surface area contributed by atoms with Crippen LogP contribution >= 0.6 is 7.26 Å². The fraction of sp³-hybridized carbons (Fsp3) is 0.200. The molecule has 27 heavy (non-hydrogen) atoms. The van der Waals surface area contributed by atoms with Crippen LogP contribution in [0.1, 0.15) is 12.8 Å². The summed E-state index contributed by atoms with van der Waals surface area (Å²) in [6.45, 7) is 1.89. The molecular weight excluding hydrogens is 345 g/mol. The molecule has 2 heteroatoms. The topological polar surface area (TPSA) is 12.0 Å². The van der Waals surface area contributed by atoms with E-state index in [4.69, 9.17) is 6.42 Å². The van der Waals surface area contributed by atoms with E-state index >= 15 is 0 Å². The molecule has 0 radical (unpaired) electrons. The van der Waals surface area contributed by atoms with E-state index in [2.05, 4.69) is 102 Å². The molecule has 0 fully saturated rings. The van der Waals surface area contributed by atoms with Crippen LogP contribution in [-0.2, 0) is 0 Å². The summed E-state index contributed by atoms with van der Waals surface area (Å²) in [6.07, 6.45) is 8.41. The highest BCUT2D eigenvalue weighted by molar-refractivity contribution is 7.95. The van der Waals surface area contributed by atoms with Crippen molar-refractivity contribution in [1.29, 1.82) is 0 Å². The molecule has 3 aromatic carbocycles. The van der Waals surface area contributed by atoms with Crippen LogP contribution in [0.5, 0.6) is 0 Å². The van der Waals surface area contributed by atoms with Crippen molar-refractivity contribution in [3.63, 3.8) is 0 Å². The molecule has 0 aliphatic rings. The zero-order chi connectivity index (χ0) is 18.8. The number of terminal acetylenes is 1. The third-order valence-electron chi connectivity index (χ3n) is 4.88. The normalized spacial score (nSPS) is 11.1. The molecule has 0 spiro atoms. The lowest BCUT2D eigenvalue weighted by atomic mass is 10.3. The number of rotatable bonds is 9. The van der Waals surface area contributed by atoms with Crippen LogP contribution in [-0.4, -0.2) is 19.3 Å². The Balaban J connectivity index is 2.00. The second-order valence-electron chi connectivity index (χ2n) is 6.60. The van der Waals surface area contributed by atoms with Crippen molar-refractivity contribution in [2.45, 2.75) is 12.8 Å². The van der Waals surface area contributed by atoms with Crippen molar-refractivity contribution < 1.29 is 0 Å². The van der Waals surface area contributed by atoms with Crippen molar-refractivity contribution in [2.24, 2.45) is 0 Å². The minimum absolute atomic E-state index is 0.788. The SMILES string of the molecule is C#CCCNCCC[P+](c1ccccc1)(c1ccccc1)c1ccccc1. The van der Waals surface area contributed by atoms with E-state index in [9.17, 15) is 0 Å². The maximum Gasteiger partial charge on any atom is 0.112 e. The second kappa shape index (κ2) is 10.1. The van der Waals surface area contributed by atoms with Crippen molar-refractivity contribution in [1.82, 2.24) is 5.32 Å². The van der Waals surface area contributed by atoms with Crippen molar-refractivity contribution in [2.75, 3.05) is 19.3 Å². The van der Waals surface area contributed by atoms with E-state index in [1.54, 1.807) is 0 Å². The van der Waals surface area contributed by atoms with Gasteiger partial charge in [0.25, 0.3) is 0 Å². The van der Waals surface area contributed by atoms with Gasteiger partial charge in [-0.2, -0.15) is 0 Å². The van der Waals surface area contributed by atoms with Crippen molar-refractivity contribution in [3.05, 3.63) is 91.0 Å². The van der Waals surface area contributed by atoms with Gasteiger partial charge in [0.15, 0.2) is 0 Å². The lowest BCUT2D eigenvalue weighted by Crippen LogP contribution is -2.34. The quantitative estimate of drug-likeness (QED) is 0.340. The summed E-state index contributed by atoms with van der Waals surface area (Å²) in [6, 6.07) is 33.2. The molecule has 0 aromatic heterocycles. The molecule has 1 nitrogen and oxygen atoms in total. The third kappa shape index (κ3) is 4.67. The molecule has 3 rings (SSSR count). The van der Waals surface area contributed by atoms with Gasteiger partial charge in [-0.1, -0.05) is 54.6 Å². The molecule has 3 aromatic rings. The fourth-order valence-electron chi connectivity index (χ4n) is 3.61. The van der Waals surface area contributed by atoms with Gasteiger partial charge in [0, 0.05) is 13.0 Å². The number of hydrogen-bond donors (Lipinski definition) is 1. The Bertz CT molecular complexity index is 741. The Kier molecular flexibility index (Phi) is 7.23. The van der Waals surface area contributed by atoms with E-state index in [1.165, 1.54) is 15.9 Å². The van der Waals surface area contributed by atoms with Crippen LogP contribution in [0.2, 0.25) is 0 Å². The average Bonchev–Trinajstić information content (AvgIpc) is 2.75. The van der Waals surface area contributed by atoms with Crippen LogP contribution in [0, 0.1) is 12.3 Å². The molecule has 0 aliphatic carbocycles. The monoisotopic (exact) mass is 372 g/mol. The summed E-state index contributed by atoms with van der Waals surface area (Å²) < 4.78 is 0. The maximum absolute atomic E-state index is 5.36. The Morgan fingerprint density at radius 3 is 1.52 bits per heavy atom. The van der Waals surface area contributed by atoms with E-state index in [0.717, 1.165) is 32.1 Å². The van der Waals surface area contributed by atoms with Crippen molar-refractivity contribution in [3.8, 4) is 12.3 Å². The number of hydrogen-bond acceptors (Lipinski definition) is 1. The second-order valence-corrected chi connectivity index (χ2v) is 10.2. The Hall–Kier alpha value is -2.39. The van der Waals surface area contributed by atoms with Gasteiger partial charge in [0.05, 0.1) is 6.16 Å². The maximum atomic E-state index is 5.36. The summed E-state index contributed by atoms with van der Waals surface area (Å²) >= 11 is 0. The molecule has 0 saturated carbocycles. The highest BCUT2D eigenvalue weighted by Gasteiger charge is 2.44. The van der Waals surface area contributed by atoms with E-state index in [1.807, 2.05) is 0 Å². The van der Waals surface area contributed by atoms with Gasteiger partial charge in [-0.05, 0) is 49.4 Å². The highest BCUT2D eigenvalue weighted by atomic mass is 31.2. The molecule has 0 atom stereocenters. The van der Waals surface area contributed by atoms with Crippen LogP contribution in [0.15, 0.2) is 91.0 Å². The number of benzene rings is 3. The highest BCUT2D eigenvalue weighted by Crippen LogP contribution is 2.55. The molecule has 0 unspecified atom stereocenters. The third-order valence-corrected chi connectivity index (χ3v) is 9.41. The molecule has 136 valence electrons. The van der Waals surface area contributed by atoms with Crippen molar-refractivity contribution >= 4 is 23.2 Å². The Morgan fingerprint density at radius 2 is 1.11 bits per heavy atom. The fourth-order valence-corrected chi connectivity index (χ4v) is 7.95. The first-order valence-corrected chi connectivity index (χ1v) is 11.5. The molecular formula is C25H27NP+. The largest absolute Gasteiger partial charge is 0.316 e. The summed E-state index contributed by atoms with van der Waals surface area (Å²) in [5.41, 5.74) is 0. The zero-order valence-corrected chi connectivity index (χ0v) is 16.6. The average molecular weight is 372 g/mol. The molecule has 0 saturated heterocycles. The summed E-state index contributed by atoms with van der Waals surface area (Å²) in [5, 5.41) is 7.84. The summed E-state index contributed by atoms with van der Waals surface area (Å²) in [5.74, 6) is 2.70. The summed E-state index contributed by atoms with van der Waals surface area (Å²) in [7, 11) is -1.69. The Labute approximate surface area is 164 Å². The van der Waals surface area contributed by atoms with Gasteiger partial charge < -0.3 is 5.32 Å². The lowest BCUT2D eigenvalue weighted by molar-refractivity contribution is 0.685. The smallest absolute Gasteiger partial charge is 0.112 e. The van der Waals surface area contributed by atoms with Gasteiger partial charge >= 0.3 is 0 Å². The predicted octanol–water partition coefficient (Wildman–Crippen LogP) is 3.98. The van der Waals surface area contributed by atoms with Crippen LogP contribution in [0.4, 0.5) is 0 Å². The van der Waals surface area contributed by atoms with Gasteiger partial charge in [-0.25, -0.2) is 0 Å². The first-order chi connectivity index (χ1) is 13.4. The van der Waals surface area contributed by atoms with E-state index in [-0.39, 0.29) is 0 Å². The van der Waals surface area contributed by atoms with Gasteiger partial charge in [0.1, 0.15) is 23.2 Å². The van der Waals surface area contributed by atoms with E-state index < -0.39 is 7.26 Å². The molecule has 1 N–H and O–H groups in total. The van der Waals surface area contributed by atoms with Gasteiger partial charge in [-0.15, -0.1) is 12.3 Å². The minimum Gasteiger partial charge on any atom is -0.316 e. The summed E-state index contributed by atoms with van der Waals surface area (Å²) in [4.78, 5) is 0. The first-order valence-electron chi connectivity index (χ1n) is 9.57. The first kappa shape index (κ1) is 19.4. The van der Waals surface area contributed by atoms with Crippen LogP contribution < -0.4 is 21.2 Å². The predicted molar refractivity (Wildman–Crippen MR) is 121 cm³/mol. The molecule has 0 amide bonds.